The first-order valence-corrected chi connectivity index (χ1v) is 9.36. The molecule has 0 saturated carbocycles. The third kappa shape index (κ3) is 8.06. The fourth-order valence-electron chi connectivity index (χ4n) is 1.43. The topological polar surface area (TPSA) is 70.6 Å². The fraction of sp³-hybridized carbons (Fsp3) is 0.462. The highest BCUT2D eigenvalue weighted by Gasteiger charge is 2.02. The summed E-state index contributed by atoms with van der Waals surface area (Å²) >= 11 is 1.76. The van der Waals surface area contributed by atoms with E-state index in [1.807, 2.05) is 18.2 Å². The van der Waals surface area contributed by atoms with Crippen molar-refractivity contribution in [1.82, 2.24) is 10.6 Å². The largest absolute Gasteiger partial charge is 0.356 e. The highest BCUT2D eigenvalue weighted by molar-refractivity contribution is 7.99. The molecular weight excluding hydrogens is 294 g/mol. The molecule has 0 aromatic heterocycles. The van der Waals surface area contributed by atoms with Gasteiger partial charge in [0, 0.05) is 37.0 Å². The summed E-state index contributed by atoms with van der Waals surface area (Å²) in [6, 6.07) is 10.2. The van der Waals surface area contributed by atoms with E-state index in [4.69, 9.17) is 0 Å². The van der Waals surface area contributed by atoms with Crippen LogP contribution in [0, 0.1) is 0 Å². The van der Waals surface area contributed by atoms with Gasteiger partial charge in [-0.05, 0) is 12.1 Å². The van der Waals surface area contributed by atoms with Crippen LogP contribution in [0.25, 0.3) is 0 Å². The van der Waals surface area contributed by atoms with Gasteiger partial charge in [0.05, 0.1) is 5.75 Å². The van der Waals surface area contributed by atoms with E-state index >= 15 is 0 Å². The van der Waals surface area contributed by atoms with Crippen molar-refractivity contribution in [3.05, 3.63) is 30.3 Å². The third-order valence-corrected chi connectivity index (χ3v) is 4.35. The van der Waals surface area contributed by atoms with E-state index in [1.54, 1.807) is 18.8 Å². The average Bonchev–Trinajstić information content (AvgIpc) is 2.41. The first kappa shape index (κ1) is 16.8. The Morgan fingerprint density at radius 3 is 2.45 bits per heavy atom. The summed E-state index contributed by atoms with van der Waals surface area (Å²) in [5.74, 6) is 1.64. The number of sulfone groups is 1. The Labute approximate surface area is 125 Å². The van der Waals surface area contributed by atoms with Crippen molar-refractivity contribution in [2.75, 3.05) is 37.9 Å². The summed E-state index contributed by atoms with van der Waals surface area (Å²) in [5.41, 5.74) is 0. The summed E-state index contributed by atoms with van der Waals surface area (Å²) in [6.07, 6.45) is 1.22. The Bertz CT molecular complexity index is 516. The van der Waals surface area contributed by atoms with Crippen molar-refractivity contribution in [3.8, 4) is 0 Å². The van der Waals surface area contributed by atoms with Crippen LogP contribution in [-0.4, -0.2) is 52.3 Å². The monoisotopic (exact) mass is 315 g/mol. The smallest absolute Gasteiger partial charge is 0.191 e. The molecule has 0 saturated heterocycles. The van der Waals surface area contributed by atoms with E-state index < -0.39 is 9.84 Å². The maximum Gasteiger partial charge on any atom is 0.191 e. The van der Waals surface area contributed by atoms with Crippen LogP contribution < -0.4 is 10.6 Å². The van der Waals surface area contributed by atoms with E-state index in [0.29, 0.717) is 12.5 Å². The zero-order valence-electron chi connectivity index (χ0n) is 11.8. The highest BCUT2D eigenvalue weighted by atomic mass is 32.2. The molecule has 0 unspecified atom stereocenters. The molecule has 0 heterocycles. The van der Waals surface area contributed by atoms with Crippen LogP contribution in [0.5, 0.6) is 0 Å². The molecule has 0 bridgehead atoms. The average molecular weight is 315 g/mol. The van der Waals surface area contributed by atoms with Crippen molar-refractivity contribution in [3.63, 3.8) is 0 Å². The Kier molecular flexibility index (Phi) is 7.46. The molecule has 0 radical (unpaired) electrons. The first-order valence-electron chi connectivity index (χ1n) is 6.31. The summed E-state index contributed by atoms with van der Waals surface area (Å²) in [6.45, 7) is 1.13. The number of thioether (sulfide) groups is 1. The minimum Gasteiger partial charge on any atom is -0.356 e. The van der Waals surface area contributed by atoms with Gasteiger partial charge in [0.25, 0.3) is 0 Å². The number of benzene rings is 1. The van der Waals surface area contributed by atoms with Crippen LogP contribution >= 0.6 is 11.8 Å². The molecule has 112 valence electrons. The predicted octanol–water partition coefficient (Wildman–Crippen LogP) is 0.988. The number of rotatable bonds is 7. The second-order valence-corrected chi connectivity index (χ2v) is 7.65. The van der Waals surface area contributed by atoms with Crippen molar-refractivity contribution < 1.29 is 8.42 Å². The molecule has 0 atom stereocenters. The third-order valence-electron chi connectivity index (χ3n) is 2.40. The molecule has 20 heavy (non-hydrogen) atoms. The molecule has 1 aromatic rings. The summed E-state index contributed by atoms with van der Waals surface area (Å²) in [5, 5.41) is 6.12. The number of guanidine groups is 1. The Morgan fingerprint density at radius 2 is 1.85 bits per heavy atom. The van der Waals surface area contributed by atoms with Gasteiger partial charge >= 0.3 is 0 Å². The first-order chi connectivity index (χ1) is 9.51. The molecule has 0 spiro atoms. The molecule has 1 rings (SSSR count). The van der Waals surface area contributed by atoms with Gasteiger partial charge in [0.1, 0.15) is 9.84 Å². The lowest BCUT2D eigenvalue weighted by atomic mass is 10.4. The molecule has 0 fully saturated rings. The normalized spacial score (nSPS) is 12.2. The molecule has 0 aliphatic carbocycles. The molecule has 0 amide bonds. The van der Waals surface area contributed by atoms with Crippen molar-refractivity contribution in [2.24, 2.45) is 4.99 Å². The van der Waals surface area contributed by atoms with Gasteiger partial charge in [-0.3, -0.25) is 4.99 Å². The van der Waals surface area contributed by atoms with Crippen LogP contribution in [0.15, 0.2) is 40.2 Å². The number of nitrogens with zero attached hydrogens (tertiary/aromatic N) is 1. The SMILES string of the molecule is CN=C(NCCSc1ccccc1)NCCS(C)(=O)=O. The van der Waals surface area contributed by atoms with Crippen LogP contribution in [-0.2, 0) is 9.84 Å². The second-order valence-electron chi connectivity index (χ2n) is 4.22. The Morgan fingerprint density at radius 1 is 1.20 bits per heavy atom. The molecule has 0 aliphatic heterocycles. The van der Waals surface area contributed by atoms with Crippen molar-refractivity contribution in [1.29, 1.82) is 0 Å². The van der Waals surface area contributed by atoms with Crippen LogP contribution in [0.3, 0.4) is 0 Å². The molecular formula is C13H21N3O2S2. The lowest BCUT2D eigenvalue weighted by Gasteiger charge is -2.11. The Hall–Kier alpha value is -1.21. The van der Waals surface area contributed by atoms with Gasteiger partial charge < -0.3 is 10.6 Å². The van der Waals surface area contributed by atoms with Gasteiger partial charge in [-0.1, -0.05) is 18.2 Å². The minimum absolute atomic E-state index is 0.104. The maximum absolute atomic E-state index is 11.0. The van der Waals surface area contributed by atoms with Gasteiger partial charge in [0.15, 0.2) is 5.96 Å². The number of aliphatic imine (C=N–C) groups is 1. The number of nitrogens with one attached hydrogen (secondary N) is 2. The van der Waals surface area contributed by atoms with E-state index in [2.05, 4.69) is 27.8 Å². The van der Waals surface area contributed by atoms with Gasteiger partial charge in [-0.15, -0.1) is 11.8 Å². The fourth-order valence-corrected chi connectivity index (χ4v) is 2.69. The Balaban J connectivity index is 2.19. The van der Waals surface area contributed by atoms with E-state index in [9.17, 15) is 8.42 Å². The van der Waals surface area contributed by atoms with E-state index in [0.717, 1.165) is 12.3 Å². The van der Waals surface area contributed by atoms with Crippen molar-refractivity contribution in [2.45, 2.75) is 4.90 Å². The van der Waals surface area contributed by atoms with Gasteiger partial charge in [-0.25, -0.2) is 8.42 Å². The molecule has 2 N–H and O–H groups in total. The standard InChI is InChI=1S/C13H21N3O2S2/c1-14-13(16-9-11-20(2,17)18)15-8-10-19-12-6-4-3-5-7-12/h3-7H,8-11H2,1-2H3,(H2,14,15,16). The van der Waals surface area contributed by atoms with E-state index in [-0.39, 0.29) is 5.75 Å². The minimum atomic E-state index is -2.94. The molecule has 1 aromatic carbocycles. The van der Waals surface area contributed by atoms with Crippen LogP contribution in [0.2, 0.25) is 0 Å². The van der Waals surface area contributed by atoms with E-state index in [1.165, 1.54) is 11.2 Å². The quantitative estimate of drug-likeness (QED) is 0.340. The van der Waals surface area contributed by atoms with Crippen molar-refractivity contribution >= 4 is 27.6 Å². The predicted molar refractivity (Wildman–Crippen MR) is 86.2 cm³/mol. The van der Waals surface area contributed by atoms with Gasteiger partial charge in [-0.2, -0.15) is 0 Å². The molecule has 7 heteroatoms. The highest BCUT2D eigenvalue weighted by Crippen LogP contribution is 2.15. The van der Waals surface area contributed by atoms with Gasteiger partial charge in [0.2, 0.25) is 0 Å². The number of hydrogen-bond donors (Lipinski definition) is 2. The number of hydrogen-bond acceptors (Lipinski definition) is 4. The van der Waals surface area contributed by atoms with Crippen LogP contribution in [0.1, 0.15) is 0 Å². The second kappa shape index (κ2) is 8.86. The van der Waals surface area contributed by atoms with Crippen LogP contribution in [0.4, 0.5) is 0 Å². The summed E-state index contributed by atoms with van der Waals surface area (Å²) < 4.78 is 22.0. The molecule has 0 aliphatic rings. The summed E-state index contributed by atoms with van der Waals surface area (Å²) in [7, 11) is -1.27. The lowest BCUT2D eigenvalue weighted by molar-refractivity contribution is 0.600. The molecule has 5 nitrogen and oxygen atoms in total. The zero-order valence-corrected chi connectivity index (χ0v) is 13.4. The lowest BCUT2D eigenvalue weighted by Crippen LogP contribution is -2.40. The summed E-state index contributed by atoms with van der Waals surface area (Å²) in [4.78, 5) is 5.27. The zero-order chi connectivity index (χ0) is 14.8. The maximum atomic E-state index is 11.0.